The minimum absolute atomic E-state index is 0.224. The summed E-state index contributed by atoms with van der Waals surface area (Å²) in [6, 6.07) is 12.1. The Morgan fingerprint density at radius 3 is 2.62 bits per heavy atom. The van der Waals surface area contributed by atoms with E-state index in [0.717, 1.165) is 10.0 Å². The van der Waals surface area contributed by atoms with E-state index in [1.807, 2.05) is 24.3 Å². The fraction of sp³-hybridized carbons (Fsp3) is 0.174. The molecular weight excluding hydrogens is 535 g/mol. The molecule has 0 spiro atoms. The lowest BCUT2D eigenvalue weighted by atomic mass is 9.97. The van der Waals surface area contributed by atoms with Crippen LogP contribution < -0.4 is 14.9 Å². The number of carbonyl (C=O) groups excluding carboxylic acids is 1. The van der Waals surface area contributed by atoms with Crippen molar-refractivity contribution in [2.24, 2.45) is 4.99 Å². The molecule has 0 saturated carbocycles. The average molecular weight is 552 g/mol. The average Bonchev–Trinajstić information content (AvgIpc) is 3.06. The monoisotopic (exact) mass is 550 g/mol. The zero-order valence-corrected chi connectivity index (χ0v) is 21.0. The maximum absolute atomic E-state index is 13.2. The molecule has 0 amide bonds. The SMILES string of the molecule is CCOC(=O)C1=C(C)n2c(s/c(=C\c3ccc(Cl)cc3Cl)c2=O)=N[C@@H]1c1ccc(Br)cc1. The van der Waals surface area contributed by atoms with Crippen LogP contribution in [-0.4, -0.2) is 17.1 Å². The van der Waals surface area contributed by atoms with E-state index in [-0.39, 0.29) is 12.2 Å². The van der Waals surface area contributed by atoms with Gasteiger partial charge in [-0.2, -0.15) is 0 Å². The van der Waals surface area contributed by atoms with Crippen LogP contribution in [0.3, 0.4) is 0 Å². The van der Waals surface area contributed by atoms with E-state index < -0.39 is 12.0 Å². The number of thiazole rings is 1. The molecule has 2 aromatic carbocycles. The number of hydrogen-bond acceptors (Lipinski definition) is 5. The lowest BCUT2D eigenvalue weighted by Gasteiger charge is -2.22. The summed E-state index contributed by atoms with van der Waals surface area (Å²) in [6.45, 7) is 3.71. The van der Waals surface area contributed by atoms with Crippen molar-refractivity contribution >= 4 is 68.2 Å². The Morgan fingerprint density at radius 1 is 1.25 bits per heavy atom. The van der Waals surface area contributed by atoms with Crippen LogP contribution in [0.15, 0.2) is 62.3 Å². The third-order valence-electron chi connectivity index (χ3n) is 4.97. The van der Waals surface area contributed by atoms with Crippen molar-refractivity contribution < 1.29 is 9.53 Å². The topological polar surface area (TPSA) is 60.7 Å². The third kappa shape index (κ3) is 4.35. The van der Waals surface area contributed by atoms with E-state index in [4.69, 9.17) is 32.9 Å². The molecule has 1 aromatic heterocycles. The number of benzene rings is 2. The van der Waals surface area contributed by atoms with Gasteiger partial charge in [-0.1, -0.05) is 68.7 Å². The second-order valence-electron chi connectivity index (χ2n) is 7.00. The van der Waals surface area contributed by atoms with Gasteiger partial charge in [-0.05, 0) is 55.3 Å². The Balaban J connectivity index is 1.95. The fourth-order valence-corrected chi connectivity index (χ4v) is 5.22. The van der Waals surface area contributed by atoms with E-state index >= 15 is 0 Å². The molecule has 0 N–H and O–H groups in total. The van der Waals surface area contributed by atoms with Crippen LogP contribution >= 0.6 is 50.5 Å². The highest BCUT2D eigenvalue weighted by Gasteiger charge is 2.31. The number of ether oxygens (including phenoxy) is 1. The molecule has 1 aliphatic heterocycles. The number of esters is 1. The third-order valence-corrected chi connectivity index (χ3v) is 7.05. The molecule has 1 aliphatic rings. The van der Waals surface area contributed by atoms with E-state index in [1.54, 1.807) is 38.1 Å². The highest BCUT2D eigenvalue weighted by Crippen LogP contribution is 2.32. The molecule has 0 saturated heterocycles. The number of allylic oxidation sites excluding steroid dienone is 1. The number of rotatable bonds is 4. The molecule has 4 rings (SSSR count). The van der Waals surface area contributed by atoms with Gasteiger partial charge in [0.25, 0.3) is 5.56 Å². The van der Waals surface area contributed by atoms with Crippen molar-refractivity contribution in [3.05, 3.63) is 93.4 Å². The summed E-state index contributed by atoms with van der Waals surface area (Å²) in [5.74, 6) is -0.489. The molecule has 32 heavy (non-hydrogen) atoms. The first kappa shape index (κ1) is 23.0. The fourth-order valence-electron chi connectivity index (χ4n) is 3.46. The van der Waals surface area contributed by atoms with E-state index in [1.165, 1.54) is 15.9 Å². The van der Waals surface area contributed by atoms with Crippen molar-refractivity contribution in [3.8, 4) is 0 Å². The second-order valence-corrected chi connectivity index (χ2v) is 9.77. The van der Waals surface area contributed by atoms with Gasteiger partial charge in [0.2, 0.25) is 0 Å². The molecule has 164 valence electrons. The number of aromatic nitrogens is 1. The van der Waals surface area contributed by atoms with Crippen LogP contribution in [-0.2, 0) is 9.53 Å². The molecule has 0 bridgehead atoms. The molecule has 0 radical (unpaired) electrons. The Bertz CT molecular complexity index is 1420. The van der Waals surface area contributed by atoms with Crippen molar-refractivity contribution in [1.82, 2.24) is 4.57 Å². The lowest BCUT2D eigenvalue weighted by Crippen LogP contribution is -2.35. The van der Waals surface area contributed by atoms with E-state index in [2.05, 4.69) is 15.9 Å². The van der Waals surface area contributed by atoms with Gasteiger partial charge < -0.3 is 4.74 Å². The largest absolute Gasteiger partial charge is 0.463 e. The quantitative estimate of drug-likeness (QED) is 0.430. The number of fused-ring (bicyclic) bond motifs is 1. The first-order valence-electron chi connectivity index (χ1n) is 9.70. The van der Waals surface area contributed by atoms with Crippen molar-refractivity contribution in [2.45, 2.75) is 19.9 Å². The molecule has 0 aliphatic carbocycles. The van der Waals surface area contributed by atoms with Crippen LogP contribution in [0.2, 0.25) is 10.0 Å². The molecule has 0 unspecified atom stereocenters. The summed E-state index contributed by atoms with van der Waals surface area (Å²) in [6.07, 6.45) is 1.71. The molecule has 9 heteroatoms. The number of carbonyl (C=O) groups is 1. The molecule has 1 atom stereocenters. The predicted octanol–water partition coefficient (Wildman–Crippen LogP) is 4.98. The Kier molecular flexibility index (Phi) is 6.72. The number of halogens is 3. The smallest absolute Gasteiger partial charge is 0.338 e. The van der Waals surface area contributed by atoms with Gasteiger partial charge in [0.05, 0.1) is 16.7 Å². The molecule has 2 heterocycles. The summed E-state index contributed by atoms with van der Waals surface area (Å²) in [7, 11) is 0. The first-order chi connectivity index (χ1) is 15.3. The minimum atomic E-state index is -0.577. The minimum Gasteiger partial charge on any atom is -0.463 e. The van der Waals surface area contributed by atoms with Crippen LogP contribution in [0, 0.1) is 0 Å². The summed E-state index contributed by atoms with van der Waals surface area (Å²) in [4.78, 5) is 31.4. The normalized spacial score (nSPS) is 16.0. The van der Waals surface area contributed by atoms with Crippen molar-refractivity contribution in [1.29, 1.82) is 0 Å². The maximum atomic E-state index is 13.2. The molecule has 0 fully saturated rings. The van der Waals surface area contributed by atoms with Crippen LogP contribution in [0.25, 0.3) is 11.8 Å². The summed E-state index contributed by atoms with van der Waals surface area (Å²) < 4.78 is 8.12. The van der Waals surface area contributed by atoms with Gasteiger partial charge in [0, 0.05) is 20.2 Å². The number of nitrogens with zero attached hydrogens (tertiary/aromatic N) is 2. The van der Waals surface area contributed by atoms with Gasteiger partial charge in [-0.15, -0.1) is 0 Å². The van der Waals surface area contributed by atoms with Crippen LogP contribution in [0.1, 0.15) is 31.0 Å². The van der Waals surface area contributed by atoms with Gasteiger partial charge in [0.15, 0.2) is 4.80 Å². The Hall–Kier alpha value is -2.19. The van der Waals surface area contributed by atoms with Crippen molar-refractivity contribution in [2.75, 3.05) is 6.61 Å². The molecule has 3 aromatic rings. The standard InChI is InChI=1S/C23H17BrCl2N2O3S/c1-3-31-22(30)19-12(2)28-21(29)18(10-14-6-9-16(25)11-17(14)26)32-23(28)27-20(19)13-4-7-15(24)8-5-13/h4-11,20H,3H2,1-2H3/b18-10-/t20-/m1/s1. The van der Waals surface area contributed by atoms with Crippen LogP contribution in [0.5, 0.6) is 0 Å². The van der Waals surface area contributed by atoms with Crippen LogP contribution in [0.4, 0.5) is 0 Å². The zero-order valence-electron chi connectivity index (χ0n) is 17.1. The highest BCUT2D eigenvalue weighted by atomic mass is 79.9. The van der Waals surface area contributed by atoms with Gasteiger partial charge in [-0.3, -0.25) is 9.36 Å². The molecular formula is C23H17BrCl2N2O3S. The first-order valence-corrected chi connectivity index (χ1v) is 12.1. The highest BCUT2D eigenvalue weighted by molar-refractivity contribution is 9.10. The van der Waals surface area contributed by atoms with Gasteiger partial charge >= 0.3 is 5.97 Å². The van der Waals surface area contributed by atoms with Gasteiger partial charge in [0.1, 0.15) is 6.04 Å². The summed E-state index contributed by atoms with van der Waals surface area (Å²) in [5.41, 5.74) is 2.08. The van der Waals surface area contributed by atoms with Crippen molar-refractivity contribution in [3.63, 3.8) is 0 Å². The molecule has 5 nitrogen and oxygen atoms in total. The maximum Gasteiger partial charge on any atom is 0.338 e. The predicted molar refractivity (Wildman–Crippen MR) is 132 cm³/mol. The Morgan fingerprint density at radius 2 is 1.97 bits per heavy atom. The van der Waals surface area contributed by atoms with E-state index in [0.29, 0.717) is 36.2 Å². The zero-order chi connectivity index (χ0) is 23.0. The number of hydrogen-bond donors (Lipinski definition) is 0. The van der Waals surface area contributed by atoms with E-state index in [9.17, 15) is 9.59 Å². The summed E-state index contributed by atoms with van der Waals surface area (Å²) in [5, 5.41) is 0.956. The Labute approximate surface area is 206 Å². The van der Waals surface area contributed by atoms with Gasteiger partial charge in [-0.25, -0.2) is 9.79 Å². The lowest BCUT2D eigenvalue weighted by molar-refractivity contribution is -0.138. The summed E-state index contributed by atoms with van der Waals surface area (Å²) >= 11 is 16.9. The second kappa shape index (κ2) is 9.35.